The van der Waals surface area contributed by atoms with Gasteiger partial charge in [-0.15, -0.1) is 0 Å². The molecule has 7 heteroatoms. The largest absolute Gasteiger partial charge is 0.433 e. The van der Waals surface area contributed by atoms with Crippen LogP contribution >= 0.6 is 0 Å². The summed E-state index contributed by atoms with van der Waals surface area (Å²) in [5.41, 5.74) is 4.42. The van der Waals surface area contributed by atoms with E-state index in [0.717, 1.165) is 12.1 Å². The maximum absolute atomic E-state index is 12.5. The van der Waals surface area contributed by atoms with Crippen molar-refractivity contribution in [2.24, 2.45) is 5.73 Å². The van der Waals surface area contributed by atoms with E-state index in [0.29, 0.717) is 0 Å². The minimum Gasteiger partial charge on any atom is -0.384 e. The zero-order chi connectivity index (χ0) is 13.2. The summed E-state index contributed by atoms with van der Waals surface area (Å²) in [6.07, 6.45) is -4.51. The average Bonchev–Trinajstić information content (AvgIpc) is 2.14. The van der Waals surface area contributed by atoms with Crippen molar-refractivity contribution in [2.75, 3.05) is 5.32 Å². The summed E-state index contributed by atoms with van der Waals surface area (Å²) in [6, 6.07) is 1.84. The first kappa shape index (κ1) is 13.3. The molecule has 0 saturated heterocycles. The third-order valence-corrected chi connectivity index (χ3v) is 1.90. The van der Waals surface area contributed by atoms with Crippen molar-refractivity contribution in [1.29, 1.82) is 5.41 Å². The van der Waals surface area contributed by atoms with Crippen molar-refractivity contribution in [3.63, 3.8) is 0 Å². The highest BCUT2D eigenvalue weighted by atomic mass is 19.4. The quantitative estimate of drug-likeness (QED) is 0.565. The highest BCUT2D eigenvalue weighted by Crippen LogP contribution is 2.29. The van der Waals surface area contributed by atoms with E-state index < -0.39 is 11.9 Å². The average molecular weight is 246 g/mol. The van der Waals surface area contributed by atoms with Crippen LogP contribution in [0.4, 0.5) is 19.0 Å². The van der Waals surface area contributed by atoms with Crippen molar-refractivity contribution in [1.82, 2.24) is 4.98 Å². The fourth-order valence-corrected chi connectivity index (χ4v) is 1.22. The van der Waals surface area contributed by atoms with Crippen LogP contribution in [0, 0.1) is 5.41 Å². The molecule has 4 nitrogen and oxygen atoms in total. The normalized spacial score (nSPS) is 11.6. The molecule has 0 bridgehead atoms. The third-order valence-electron chi connectivity index (χ3n) is 1.90. The summed E-state index contributed by atoms with van der Waals surface area (Å²) in [7, 11) is 0. The Morgan fingerprint density at radius 1 is 1.41 bits per heavy atom. The molecular formula is C10H13F3N4. The van der Waals surface area contributed by atoms with E-state index in [-0.39, 0.29) is 23.3 Å². The zero-order valence-corrected chi connectivity index (χ0v) is 9.39. The standard InChI is InChI=1S/C10H13F3N4/c1-5(2)16-9-6(8(14)15)3-4-7(17-9)10(11,12)13/h3-5H,1-2H3,(H3,14,15)(H,16,17). The first-order valence-electron chi connectivity index (χ1n) is 4.91. The second kappa shape index (κ2) is 4.60. The molecule has 0 aliphatic rings. The van der Waals surface area contributed by atoms with Gasteiger partial charge in [0.25, 0.3) is 0 Å². The van der Waals surface area contributed by atoms with E-state index >= 15 is 0 Å². The first-order chi connectivity index (χ1) is 7.71. The van der Waals surface area contributed by atoms with Gasteiger partial charge in [0, 0.05) is 6.04 Å². The summed E-state index contributed by atoms with van der Waals surface area (Å²) in [5, 5.41) is 10.00. The van der Waals surface area contributed by atoms with E-state index in [9.17, 15) is 13.2 Å². The SMILES string of the molecule is CC(C)Nc1nc(C(F)(F)F)ccc1C(=N)N. The Balaban J connectivity index is 3.24. The lowest BCUT2D eigenvalue weighted by molar-refractivity contribution is -0.141. The van der Waals surface area contributed by atoms with Crippen LogP contribution in [0.2, 0.25) is 0 Å². The lowest BCUT2D eigenvalue weighted by Gasteiger charge is -2.15. The van der Waals surface area contributed by atoms with Gasteiger partial charge in [0.1, 0.15) is 17.3 Å². The van der Waals surface area contributed by atoms with Crippen molar-refractivity contribution >= 4 is 11.7 Å². The molecule has 0 atom stereocenters. The molecule has 0 aliphatic carbocycles. The molecule has 0 fully saturated rings. The molecule has 17 heavy (non-hydrogen) atoms. The molecule has 1 aromatic rings. The predicted molar refractivity (Wildman–Crippen MR) is 59.0 cm³/mol. The second-order valence-corrected chi connectivity index (χ2v) is 3.80. The summed E-state index contributed by atoms with van der Waals surface area (Å²) in [5.74, 6) is -0.350. The molecular weight excluding hydrogens is 233 g/mol. The summed E-state index contributed by atoms with van der Waals surface area (Å²) < 4.78 is 37.4. The second-order valence-electron chi connectivity index (χ2n) is 3.80. The lowest BCUT2D eigenvalue weighted by atomic mass is 10.2. The van der Waals surface area contributed by atoms with Crippen LogP contribution in [-0.2, 0) is 6.18 Å². The van der Waals surface area contributed by atoms with Gasteiger partial charge in [-0.3, -0.25) is 5.41 Å². The summed E-state index contributed by atoms with van der Waals surface area (Å²) in [4.78, 5) is 3.45. The third kappa shape index (κ3) is 3.33. The minimum absolute atomic E-state index is 0.0256. The number of alkyl halides is 3. The minimum atomic E-state index is -4.51. The highest BCUT2D eigenvalue weighted by molar-refractivity contribution is 5.99. The van der Waals surface area contributed by atoms with Gasteiger partial charge in [-0.25, -0.2) is 4.98 Å². The Hall–Kier alpha value is -1.79. The number of hydrogen-bond acceptors (Lipinski definition) is 3. The van der Waals surface area contributed by atoms with Gasteiger partial charge in [0.2, 0.25) is 0 Å². The van der Waals surface area contributed by atoms with Gasteiger partial charge < -0.3 is 11.1 Å². The lowest BCUT2D eigenvalue weighted by Crippen LogP contribution is -2.21. The Bertz CT molecular complexity index is 426. The van der Waals surface area contributed by atoms with Gasteiger partial charge in [-0.1, -0.05) is 0 Å². The van der Waals surface area contributed by atoms with Crippen LogP contribution in [0.5, 0.6) is 0 Å². The van der Waals surface area contributed by atoms with Crippen molar-refractivity contribution in [2.45, 2.75) is 26.1 Å². The first-order valence-corrected chi connectivity index (χ1v) is 4.91. The number of nitrogens with two attached hydrogens (primary N) is 1. The van der Waals surface area contributed by atoms with Crippen molar-refractivity contribution in [3.05, 3.63) is 23.4 Å². The maximum Gasteiger partial charge on any atom is 0.433 e. The number of hydrogen-bond donors (Lipinski definition) is 3. The van der Waals surface area contributed by atoms with Crippen molar-refractivity contribution in [3.8, 4) is 0 Å². The van der Waals surface area contributed by atoms with E-state index in [4.69, 9.17) is 11.1 Å². The summed E-state index contributed by atoms with van der Waals surface area (Å²) in [6.45, 7) is 3.51. The number of nitrogen functional groups attached to an aromatic ring is 1. The van der Waals surface area contributed by atoms with E-state index in [1.165, 1.54) is 0 Å². The van der Waals surface area contributed by atoms with Gasteiger partial charge in [0.15, 0.2) is 0 Å². The topological polar surface area (TPSA) is 74.8 Å². The van der Waals surface area contributed by atoms with E-state index in [1.54, 1.807) is 13.8 Å². The molecule has 0 amide bonds. The fraction of sp³-hybridized carbons (Fsp3) is 0.400. The number of aromatic nitrogens is 1. The number of rotatable bonds is 3. The van der Waals surface area contributed by atoms with E-state index in [2.05, 4.69) is 10.3 Å². The van der Waals surface area contributed by atoms with Gasteiger partial charge in [0.05, 0.1) is 5.56 Å². The molecule has 1 heterocycles. The summed E-state index contributed by atoms with van der Waals surface area (Å²) >= 11 is 0. The fourth-order valence-electron chi connectivity index (χ4n) is 1.22. The Labute approximate surface area is 96.5 Å². The van der Waals surface area contributed by atoms with Crippen LogP contribution < -0.4 is 11.1 Å². The molecule has 0 spiro atoms. The zero-order valence-electron chi connectivity index (χ0n) is 9.39. The molecule has 1 rings (SSSR count). The molecule has 0 aliphatic heterocycles. The van der Waals surface area contributed by atoms with Gasteiger partial charge in [-0.2, -0.15) is 13.2 Å². The van der Waals surface area contributed by atoms with Crippen LogP contribution in [0.3, 0.4) is 0 Å². The predicted octanol–water partition coefficient (Wildman–Crippen LogP) is 2.20. The van der Waals surface area contributed by atoms with Crippen LogP contribution in [0.25, 0.3) is 0 Å². The molecule has 0 aromatic carbocycles. The molecule has 94 valence electrons. The Kier molecular flexibility index (Phi) is 3.59. The number of pyridine rings is 1. The number of anilines is 1. The molecule has 0 saturated carbocycles. The van der Waals surface area contributed by atoms with Crippen LogP contribution in [-0.4, -0.2) is 16.9 Å². The number of nitrogens with zero attached hydrogens (tertiary/aromatic N) is 1. The smallest absolute Gasteiger partial charge is 0.384 e. The molecule has 4 N–H and O–H groups in total. The molecule has 0 unspecified atom stereocenters. The maximum atomic E-state index is 12.5. The van der Waals surface area contributed by atoms with Crippen molar-refractivity contribution < 1.29 is 13.2 Å². The Morgan fingerprint density at radius 3 is 2.41 bits per heavy atom. The number of halogens is 3. The number of amidine groups is 1. The van der Waals surface area contributed by atoms with Crippen LogP contribution in [0.15, 0.2) is 12.1 Å². The highest BCUT2D eigenvalue weighted by Gasteiger charge is 2.33. The van der Waals surface area contributed by atoms with Crippen LogP contribution in [0.1, 0.15) is 25.1 Å². The Morgan fingerprint density at radius 2 is 2.00 bits per heavy atom. The van der Waals surface area contributed by atoms with Gasteiger partial charge in [-0.05, 0) is 26.0 Å². The molecule has 0 radical (unpaired) electrons. The van der Waals surface area contributed by atoms with Gasteiger partial charge >= 0.3 is 6.18 Å². The molecule has 1 aromatic heterocycles. The number of nitrogens with one attached hydrogen (secondary N) is 2. The van der Waals surface area contributed by atoms with E-state index in [1.807, 2.05) is 0 Å². The monoisotopic (exact) mass is 246 g/mol.